The molecule has 0 saturated carbocycles. The van der Waals surface area contributed by atoms with Crippen LogP contribution in [-0.2, 0) is 6.54 Å². The molecule has 3 aromatic rings. The second kappa shape index (κ2) is 13.5. The summed E-state index contributed by atoms with van der Waals surface area (Å²) in [7, 11) is 4.03. The van der Waals surface area contributed by atoms with Crippen LogP contribution in [0.2, 0.25) is 0 Å². The van der Waals surface area contributed by atoms with Crippen molar-refractivity contribution in [3.63, 3.8) is 0 Å². The molecule has 5 rings (SSSR count). The zero-order valence-electron chi connectivity index (χ0n) is 24.0. The molecular weight excluding hydrogens is 512 g/mol. The van der Waals surface area contributed by atoms with Gasteiger partial charge in [0.1, 0.15) is 0 Å². The Morgan fingerprint density at radius 2 is 1.80 bits per heavy atom. The van der Waals surface area contributed by atoms with Crippen molar-refractivity contribution in [2.45, 2.75) is 31.8 Å². The fourth-order valence-corrected chi connectivity index (χ4v) is 5.33. The van der Waals surface area contributed by atoms with E-state index in [2.05, 4.69) is 68.0 Å². The summed E-state index contributed by atoms with van der Waals surface area (Å²) in [5.74, 6) is 0.872. The molecule has 9 heteroatoms. The Morgan fingerprint density at radius 3 is 2.51 bits per heavy atom. The van der Waals surface area contributed by atoms with Gasteiger partial charge in [-0.1, -0.05) is 36.4 Å². The molecule has 0 radical (unpaired) electrons. The highest BCUT2D eigenvalue weighted by atomic mass is 16.2. The number of pyridine rings is 1. The van der Waals surface area contributed by atoms with E-state index in [1.807, 2.05) is 54.4 Å². The first-order valence-corrected chi connectivity index (χ1v) is 14.3. The predicted molar refractivity (Wildman–Crippen MR) is 166 cm³/mol. The lowest BCUT2D eigenvalue weighted by atomic mass is 10.0. The van der Waals surface area contributed by atoms with Crippen LogP contribution < -0.4 is 16.5 Å². The number of guanidine groups is 1. The zero-order valence-corrected chi connectivity index (χ0v) is 24.0. The van der Waals surface area contributed by atoms with Crippen LogP contribution in [0.15, 0.2) is 84.0 Å². The van der Waals surface area contributed by atoms with Crippen molar-refractivity contribution in [3.8, 4) is 0 Å². The number of anilines is 1. The standard InChI is InChI=1S/C32H40N8O/c1-38-19-16-28(17-20-38)39(2)31(41)26-10-12-27(13-11-26)36-32(33)37-30-29(9-6-18-34-30)25-14-21-40(22-15-25)35-23-24-7-4-3-5-8-24/h3-14,18,28,35H,15-17,19-23H2,1-2H3,(H3,33,34,36,37). The Kier molecular flexibility index (Phi) is 9.40. The van der Waals surface area contributed by atoms with Crippen molar-refractivity contribution < 1.29 is 4.79 Å². The summed E-state index contributed by atoms with van der Waals surface area (Å²) in [5, 5.41) is 5.37. The van der Waals surface area contributed by atoms with Gasteiger partial charge in [0.15, 0.2) is 11.8 Å². The van der Waals surface area contributed by atoms with Gasteiger partial charge in [0, 0.05) is 55.7 Å². The monoisotopic (exact) mass is 552 g/mol. The maximum atomic E-state index is 13.0. The van der Waals surface area contributed by atoms with E-state index in [4.69, 9.17) is 5.73 Å². The first-order chi connectivity index (χ1) is 20.0. The Morgan fingerprint density at radius 1 is 1.05 bits per heavy atom. The minimum atomic E-state index is 0.0421. The van der Waals surface area contributed by atoms with Crippen LogP contribution in [0.5, 0.6) is 0 Å². The van der Waals surface area contributed by atoms with Crippen LogP contribution in [0, 0.1) is 0 Å². The number of aliphatic imine (C=N–C) groups is 1. The fraction of sp³-hybridized carbons (Fsp3) is 0.344. The number of hydrogen-bond acceptors (Lipinski definition) is 6. The van der Waals surface area contributed by atoms with Crippen molar-refractivity contribution >= 4 is 28.9 Å². The van der Waals surface area contributed by atoms with Crippen LogP contribution in [0.1, 0.15) is 40.7 Å². The summed E-state index contributed by atoms with van der Waals surface area (Å²) in [4.78, 5) is 26.3. The van der Waals surface area contributed by atoms with Gasteiger partial charge in [-0.3, -0.25) is 10.2 Å². The summed E-state index contributed by atoms with van der Waals surface area (Å²) in [6.45, 7) is 4.53. The van der Waals surface area contributed by atoms with Crippen molar-refractivity contribution in [1.82, 2.24) is 25.2 Å². The number of hydrogen-bond donors (Lipinski definition) is 3. The van der Waals surface area contributed by atoms with Crippen LogP contribution in [-0.4, -0.2) is 78.0 Å². The van der Waals surface area contributed by atoms with Gasteiger partial charge in [-0.05, 0) is 86.9 Å². The number of piperidine rings is 1. The highest BCUT2D eigenvalue weighted by Gasteiger charge is 2.24. The molecule has 214 valence electrons. The van der Waals surface area contributed by atoms with Crippen LogP contribution in [0.4, 0.5) is 11.5 Å². The average molecular weight is 553 g/mol. The molecule has 1 saturated heterocycles. The summed E-state index contributed by atoms with van der Waals surface area (Å²) in [5.41, 5.74) is 14.7. The SMILES string of the molecule is CN1CCC(N(C)C(=O)c2ccc(NC(N)=Nc3ncccc3C3=CCN(NCc4ccccc4)CC3)cc2)CC1. The number of rotatable bonds is 8. The molecule has 41 heavy (non-hydrogen) atoms. The minimum absolute atomic E-state index is 0.0421. The molecule has 0 spiro atoms. The van der Waals surface area contributed by atoms with Gasteiger partial charge in [-0.15, -0.1) is 0 Å². The summed E-state index contributed by atoms with van der Waals surface area (Å²) < 4.78 is 0. The van der Waals surface area contributed by atoms with E-state index in [9.17, 15) is 4.79 Å². The molecule has 0 unspecified atom stereocenters. The molecule has 2 aromatic carbocycles. The lowest BCUT2D eigenvalue weighted by molar-refractivity contribution is 0.0659. The first-order valence-electron chi connectivity index (χ1n) is 14.3. The molecule has 9 nitrogen and oxygen atoms in total. The van der Waals surface area contributed by atoms with Crippen molar-refractivity contribution in [2.75, 3.05) is 45.6 Å². The Hall–Kier alpha value is -4.05. The molecular formula is C32H40N8O. The third-order valence-electron chi connectivity index (χ3n) is 7.88. The lowest BCUT2D eigenvalue weighted by Crippen LogP contribution is -2.44. The summed E-state index contributed by atoms with van der Waals surface area (Å²) in [6, 6.07) is 22.0. The van der Waals surface area contributed by atoms with Gasteiger partial charge < -0.3 is 20.9 Å². The van der Waals surface area contributed by atoms with E-state index in [0.717, 1.165) is 63.2 Å². The van der Waals surface area contributed by atoms with E-state index in [1.54, 1.807) is 6.20 Å². The highest BCUT2D eigenvalue weighted by Crippen LogP contribution is 2.28. The number of carbonyl (C=O) groups is 1. The van der Waals surface area contributed by atoms with Crippen LogP contribution in [0.25, 0.3) is 5.57 Å². The van der Waals surface area contributed by atoms with Gasteiger partial charge in [-0.25, -0.2) is 9.99 Å². The number of nitrogens with zero attached hydrogens (tertiary/aromatic N) is 5. The normalized spacial score (nSPS) is 17.2. The third kappa shape index (κ3) is 7.58. The van der Waals surface area contributed by atoms with Gasteiger partial charge in [-0.2, -0.15) is 4.99 Å². The second-order valence-corrected chi connectivity index (χ2v) is 10.8. The van der Waals surface area contributed by atoms with Gasteiger partial charge in [0.25, 0.3) is 5.91 Å². The Bertz CT molecular complexity index is 1360. The second-order valence-electron chi connectivity index (χ2n) is 10.8. The zero-order chi connectivity index (χ0) is 28.6. The van der Waals surface area contributed by atoms with E-state index < -0.39 is 0 Å². The average Bonchev–Trinajstić information content (AvgIpc) is 3.01. The van der Waals surface area contributed by atoms with Crippen LogP contribution >= 0.6 is 0 Å². The molecule has 1 aromatic heterocycles. The summed E-state index contributed by atoms with van der Waals surface area (Å²) >= 11 is 0. The van der Waals surface area contributed by atoms with E-state index in [1.165, 1.54) is 11.1 Å². The minimum Gasteiger partial charge on any atom is -0.369 e. The topological polar surface area (TPSA) is 102 Å². The van der Waals surface area contributed by atoms with E-state index in [-0.39, 0.29) is 17.9 Å². The molecule has 0 bridgehead atoms. The van der Waals surface area contributed by atoms with Gasteiger partial charge in [0.2, 0.25) is 0 Å². The number of hydrazine groups is 1. The maximum absolute atomic E-state index is 13.0. The maximum Gasteiger partial charge on any atom is 0.253 e. The Labute approximate surface area is 242 Å². The molecule has 0 aliphatic carbocycles. The van der Waals surface area contributed by atoms with Crippen molar-refractivity contribution in [2.24, 2.45) is 10.7 Å². The molecule has 1 amide bonds. The molecule has 1 fully saturated rings. The number of nitrogens with two attached hydrogens (primary N) is 1. The van der Waals surface area contributed by atoms with Gasteiger partial charge >= 0.3 is 0 Å². The molecule has 2 aliphatic rings. The predicted octanol–water partition coefficient (Wildman–Crippen LogP) is 4.10. The number of aromatic nitrogens is 1. The molecule has 3 heterocycles. The number of nitrogens with one attached hydrogen (secondary N) is 2. The number of likely N-dealkylation sites (tertiary alicyclic amines) is 1. The molecule has 0 atom stereocenters. The first kappa shape index (κ1) is 28.5. The summed E-state index contributed by atoms with van der Waals surface area (Å²) in [6.07, 6.45) is 6.83. The number of carbonyl (C=O) groups excluding carboxylic acids is 1. The quantitative estimate of drug-likeness (QED) is 0.286. The smallest absolute Gasteiger partial charge is 0.253 e. The Balaban J connectivity index is 1.18. The third-order valence-corrected chi connectivity index (χ3v) is 7.88. The number of benzene rings is 2. The van der Waals surface area contributed by atoms with E-state index >= 15 is 0 Å². The van der Waals surface area contributed by atoms with Crippen LogP contribution in [0.3, 0.4) is 0 Å². The van der Waals surface area contributed by atoms with Crippen molar-refractivity contribution in [3.05, 3.63) is 95.7 Å². The number of amides is 1. The highest BCUT2D eigenvalue weighted by molar-refractivity contribution is 5.97. The van der Waals surface area contributed by atoms with E-state index in [0.29, 0.717) is 11.4 Å². The van der Waals surface area contributed by atoms with Crippen molar-refractivity contribution in [1.29, 1.82) is 0 Å². The molecule has 4 N–H and O–H groups in total. The fourth-order valence-electron chi connectivity index (χ4n) is 5.33. The largest absolute Gasteiger partial charge is 0.369 e. The molecule has 2 aliphatic heterocycles. The van der Waals surface area contributed by atoms with Gasteiger partial charge in [0.05, 0.1) is 0 Å². The lowest BCUT2D eigenvalue weighted by Gasteiger charge is -2.35.